The zero-order chi connectivity index (χ0) is 43.0. The number of rotatable bonds is 50. The molecule has 352 valence electrons. The summed E-state index contributed by atoms with van der Waals surface area (Å²) in [6.45, 7) is 4.27. The van der Waals surface area contributed by atoms with Crippen LogP contribution in [-0.4, -0.2) is 46.1 Å². The van der Waals surface area contributed by atoms with E-state index >= 15 is 0 Å². The molecule has 4 N–H and O–H groups in total. The number of amides is 1. The number of aliphatic hydroxyl groups is 3. The topological polar surface area (TPSA) is 89.8 Å². The molecule has 0 aliphatic rings. The molecule has 0 aromatic carbocycles. The van der Waals surface area contributed by atoms with Gasteiger partial charge < -0.3 is 20.6 Å². The first kappa shape index (κ1) is 58.1. The van der Waals surface area contributed by atoms with E-state index in [0.717, 1.165) is 32.1 Å². The quantitative estimate of drug-likeness (QED) is 0.0363. The van der Waals surface area contributed by atoms with Crippen LogP contribution in [0.5, 0.6) is 0 Å². The number of carbonyl (C=O) groups excluding carboxylic acids is 1. The number of unbranched alkanes of at least 4 members (excludes halogenated alkanes) is 40. The maximum absolute atomic E-state index is 12.6. The summed E-state index contributed by atoms with van der Waals surface area (Å²) < 4.78 is 0. The first-order chi connectivity index (χ1) is 29.1. The van der Waals surface area contributed by atoms with Crippen molar-refractivity contribution in [1.82, 2.24) is 5.32 Å². The third kappa shape index (κ3) is 44.9. The van der Waals surface area contributed by atoms with Gasteiger partial charge in [0, 0.05) is 0 Å². The number of hydrogen-bond donors (Lipinski definition) is 4. The fourth-order valence-electron chi connectivity index (χ4n) is 8.66. The molecule has 3 atom stereocenters. The molecule has 3 unspecified atom stereocenters. The summed E-state index contributed by atoms with van der Waals surface area (Å²) in [5.41, 5.74) is 0. The molecule has 0 bridgehead atoms. The smallest absolute Gasteiger partial charge is 0.249 e. The van der Waals surface area contributed by atoms with Gasteiger partial charge in [-0.15, -0.1) is 0 Å². The largest absolute Gasteiger partial charge is 0.394 e. The van der Waals surface area contributed by atoms with Crippen molar-refractivity contribution in [3.05, 3.63) is 12.2 Å². The molecule has 0 aliphatic heterocycles. The first-order valence-corrected chi connectivity index (χ1v) is 27.0. The van der Waals surface area contributed by atoms with E-state index in [4.69, 9.17) is 0 Å². The van der Waals surface area contributed by atoms with Crippen LogP contribution >= 0.6 is 0 Å². The molecule has 1 amide bonds. The van der Waals surface area contributed by atoms with E-state index in [9.17, 15) is 20.1 Å². The Balaban J connectivity index is 3.54. The van der Waals surface area contributed by atoms with Crippen LogP contribution in [0.3, 0.4) is 0 Å². The average Bonchev–Trinajstić information content (AvgIpc) is 3.24. The Morgan fingerprint density at radius 2 is 0.644 bits per heavy atom. The zero-order valence-corrected chi connectivity index (χ0v) is 40.2. The highest BCUT2D eigenvalue weighted by molar-refractivity contribution is 5.80. The van der Waals surface area contributed by atoms with Crippen molar-refractivity contribution in [1.29, 1.82) is 0 Å². The van der Waals surface area contributed by atoms with Gasteiger partial charge in [0.05, 0.1) is 18.8 Å². The van der Waals surface area contributed by atoms with Crippen LogP contribution in [0.15, 0.2) is 12.2 Å². The predicted octanol–water partition coefficient (Wildman–Crippen LogP) is 16.3. The summed E-state index contributed by atoms with van der Waals surface area (Å²) in [5.74, 6) is -0.467. The second-order valence-electron chi connectivity index (χ2n) is 18.8. The second-order valence-corrected chi connectivity index (χ2v) is 18.8. The van der Waals surface area contributed by atoms with Crippen molar-refractivity contribution < 1.29 is 20.1 Å². The summed E-state index contributed by atoms with van der Waals surface area (Å²) in [6.07, 6.45) is 61.0. The van der Waals surface area contributed by atoms with Crippen LogP contribution in [0.25, 0.3) is 0 Å². The fourth-order valence-corrected chi connectivity index (χ4v) is 8.66. The number of allylic oxidation sites excluding steroid dienone is 2. The summed E-state index contributed by atoms with van der Waals surface area (Å²) in [5, 5.41) is 33.5. The van der Waals surface area contributed by atoms with E-state index < -0.39 is 24.2 Å². The van der Waals surface area contributed by atoms with Gasteiger partial charge in [0.15, 0.2) is 0 Å². The van der Waals surface area contributed by atoms with E-state index in [1.807, 2.05) is 0 Å². The van der Waals surface area contributed by atoms with E-state index in [0.29, 0.717) is 12.8 Å². The molecule has 0 spiro atoms. The van der Waals surface area contributed by atoms with Gasteiger partial charge in [0.2, 0.25) is 5.91 Å². The minimum atomic E-state index is -1.07. The van der Waals surface area contributed by atoms with Gasteiger partial charge in [0.1, 0.15) is 6.10 Å². The van der Waals surface area contributed by atoms with Crippen molar-refractivity contribution in [3.63, 3.8) is 0 Å². The Morgan fingerprint density at radius 3 is 0.932 bits per heavy atom. The monoisotopic (exact) mass is 834 g/mol. The van der Waals surface area contributed by atoms with Crippen molar-refractivity contribution in [2.45, 2.75) is 321 Å². The van der Waals surface area contributed by atoms with Crippen LogP contribution in [0.4, 0.5) is 0 Å². The highest BCUT2D eigenvalue weighted by atomic mass is 16.3. The molecule has 59 heavy (non-hydrogen) atoms. The zero-order valence-electron chi connectivity index (χ0n) is 40.2. The third-order valence-corrected chi connectivity index (χ3v) is 12.9. The van der Waals surface area contributed by atoms with Gasteiger partial charge in [-0.05, 0) is 38.5 Å². The van der Waals surface area contributed by atoms with E-state index in [1.54, 1.807) is 0 Å². The molecule has 0 saturated heterocycles. The van der Waals surface area contributed by atoms with E-state index in [1.165, 1.54) is 244 Å². The molecule has 0 aliphatic carbocycles. The number of nitrogens with one attached hydrogen (secondary N) is 1. The van der Waals surface area contributed by atoms with Crippen molar-refractivity contribution in [3.8, 4) is 0 Å². The first-order valence-electron chi connectivity index (χ1n) is 27.0. The van der Waals surface area contributed by atoms with Gasteiger partial charge in [0.25, 0.3) is 0 Å². The Bertz CT molecular complexity index is 833. The molecule has 0 radical (unpaired) electrons. The van der Waals surface area contributed by atoms with Crippen LogP contribution in [-0.2, 0) is 4.79 Å². The number of hydrogen-bond acceptors (Lipinski definition) is 4. The minimum Gasteiger partial charge on any atom is -0.394 e. The SMILES string of the molecule is CCCCCCCCCCCCCC/C=C\CCCCCCCCCCCC(O)C(=O)NC(CO)C(O)CCCCCCCCCCCCCCCCCCCCCC. The maximum atomic E-state index is 12.6. The molecule has 0 aromatic heterocycles. The van der Waals surface area contributed by atoms with Gasteiger partial charge in [-0.1, -0.05) is 276 Å². The Kier molecular flexibility index (Phi) is 49.0. The third-order valence-electron chi connectivity index (χ3n) is 12.9. The lowest BCUT2D eigenvalue weighted by Crippen LogP contribution is -2.49. The van der Waals surface area contributed by atoms with Crippen LogP contribution in [0.2, 0.25) is 0 Å². The Morgan fingerprint density at radius 1 is 0.390 bits per heavy atom. The highest BCUT2D eigenvalue weighted by Gasteiger charge is 2.23. The normalized spacial score (nSPS) is 13.4. The summed E-state index contributed by atoms with van der Waals surface area (Å²) >= 11 is 0. The molecule has 0 rings (SSSR count). The summed E-state index contributed by atoms with van der Waals surface area (Å²) in [6, 6.07) is -0.711. The van der Waals surface area contributed by atoms with Crippen molar-refractivity contribution in [2.75, 3.05) is 6.61 Å². The van der Waals surface area contributed by atoms with Crippen molar-refractivity contribution >= 4 is 5.91 Å². The predicted molar refractivity (Wildman–Crippen MR) is 259 cm³/mol. The van der Waals surface area contributed by atoms with Gasteiger partial charge in [-0.2, -0.15) is 0 Å². The molecule has 0 heterocycles. The molecule has 0 aromatic rings. The summed E-state index contributed by atoms with van der Waals surface area (Å²) in [7, 11) is 0. The summed E-state index contributed by atoms with van der Waals surface area (Å²) in [4.78, 5) is 12.6. The maximum Gasteiger partial charge on any atom is 0.249 e. The van der Waals surface area contributed by atoms with Gasteiger partial charge >= 0.3 is 0 Å². The molecular weight excluding hydrogens is 727 g/mol. The number of aliphatic hydroxyl groups excluding tert-OH is 3. The van der Waals surface area contributed by atoms with Gasteiger partial charge in [-0.25, -0.2) is 0 Å². The Hall–Kier alpha value is -0.910. The standard InChI is InChI=1S/C54H107NO4/c1-3-5-7-9-11-13-15-17-19-21-23-25-26-27-28-29-31-33-35-37-39-41-43-45-47-49-53(58)54(59)55-51(50-56)52(57)48-46-44-42-40-38-36-34-32-30-24-22-20-18-16-14-12-10-8-6-4-2/h27-28,51-53,56-58H,3-26,29-50H2,1-2H3,(H,55,59)/b28-27-. The highest BCUT2D eigenvalue weighted by Crippen LogP contribution is 2.18. The van der Waals surface area contributed by atoms with E-state index in [-0.39, 0.29) is 6.61 Å². The lowest BCUT2D eigenvalue weighted by atomic mass is 10.0. The Labute approximate surface area is 369 Å². The molecule has 5 heteroatoms. The minimum absolute atomic E-state index is 0.310. The van der Waals surface area contributed by atoms with Crippen LogP contribution < -0.4 is 5.32 Å². The van der Waals surface area contributed by atoms with E-state index in [2.05, 4.69) is 31.3 Å². The second kappa shape index (κ2) is 49.7. The fraction of sp³-hybridized carbons (Fsp3) is 0.944. The van der Waals surface area contributed by atoms with Crippen LogP contribution in [0.1, 0.15) is 303 Å². The average molecular weight is 834 g/mol. The molecule has 5 nitrogen and oxygen atoms in total. The molecule has 0 fully saturated rings. The lowest BCUT2D eigenvalue weighted by molar-refractivity contribution is -0.131. The van der Waals surface area contributed by atoms with Gasteiger partial charge in [-0.3, -0.25) is 4.79 Å². The lowest BCUT2D eigenvalue weighted by Gasteiger charge is -2.23. The van der Waals surface area contributed by atoms with Crippen LogP contribution in [0, 0.1) is 0 Å². The number of carbonyl (C=O) groups is 1. The molecule has 0 saturated carbocycles. The molecular formula is C54H107NO4. The van der Waals surface area contributed by atoms with Crippen molar-refractivity contribution in [2.24, 2.45) is 0 Å².